The van der Waals surface area contributed by atoms with Crippen molar-refractivity contribution in [2.75, 3.05) is 11.9 Å². The van der Waals surface area contributed by atoms with Crippen molar-refractivity contribution in [1.29, 1.82) is 0 Å². The summed E-state index contributed by atoms with van der Waals surface area (Å²) >= 11 is 0. The van der Waals surface area contributed by atoms with Gasteiger partial charge in [-0.15, -0.1) is 0 Å². The number of fused-ring (bicyclic) bond motifs is 1. The van der Waals surface area contributed by atoms with Gasteiger partial charge < -0.3 is 14.6 Å². The van der Waals surface area contributed by atoms with E-state index in [1.165, 1.54) is 0 Å². The quantitative estimate of drug-likeness (QED) is 0.821. The summed E-state index contributed by atoms with van der Waals surface area (Å²) in [4.78, 5) is 18.8. The fourth-order valence-corrected chi connectivity index (χ4v) is 4.28. The lowest BCUT2D eigenvalue weighted by atomic mass is 10.0. The van der Waals surface area contributed by atoms with Crippen LogP contribution in [0.3, 0.4) is 0 Å². The van der Waals surface area contributed by atoms with Gasteiger partial charge in [-0.05, 0) is 32.6 Å². The van der Waals surface area contributed by atoms with Gasteiger partial charge in [0.2, 0.25) is 5.76 Å². The molecule has 0 aromatic carbocycles. The summed E-state index contributed by atoms with van der Waals surface area (Å²) in [6.45, 7) is 5.73. The van der Waals surface area contributed by atoms with Crippen LogP contribution < -0.4 is 5.32 Å². The number of likely N-dealkylation sites (tertiary alicyclic amines) is 1. The Balaban J connectivity index is 1.66. The van der Waals surface area contributed by atoms with Crippen LogP contribution in [0.4, 0.5) is 19.0 Å². The third kappa shape index (κ3) is 3.49. The number of aromatic nitrogens is 3. The average molecular weight is 411 g/mol. The average Bonchev–Trinajstić information content (AvgIpc) is 3.36. The minimum atomic E-state index is -4.38. The first kappa shape index (κ1) is 19.8. The Hall–Kier alpha value is -2.52. The Labute approximate surface area is 166 Å². The molecular formula is C19H24F3N5O2. The number of carbonyl (C=O) groups is 1. The number of nitrogens with one attached hydrogen (secondary N) is 1. The number of anilines is 1. The first-order chi connectivity index (χ1) is 13.7. The van der Waals surface area contributed by atoms with Crippen molar-refractivity contribution in [1.82, 2.24) is 19.7 Å². The molecule has 0 aliphatic carbocycles. The number of carbonyl (C=O) groups excluding carboxylic acids is 1. The molecule has 0 saturated carbocycles. The molecule has 0 spiro atoms. The zero-order valence-electron chi connectivity index (χ0n) is 16.6. The summed E-state index contributed by atoms with van der Waals surface area (Å²) in [6, 6.07) is -0.668. The van der Waals surface area contributed by atoms with Crippen LogP contribution in [0.2, 0.25) is 0 Å². The van der Waals surface area contributed by atoms with Gasteiger partial charge in [0.05, 0.1) is 17.4 Å². The Kier molecular flexibility index (Phi) is 4.82. The fraction of sp³-hybridized carbons (Fsp3) is 0.632. The fourth-order valence-electron chi connectivity index (χ4n) is 4.28. The number of hydrogen-bond donors (Lipinski definition) is 1. The van der Waals surface area contributed by atoms with E-state index < -0.39 is 12.2 Å². The van der Waals surface area contributed by atoms with Crippen LogP contribution in [0.15, 0.2) is 10.5 Å². The Morgan fingerprint density at radius 3 is 2.76 bits per heavy atom. The molecule has 7 nitrogen and oxygen atoms in total. The van der Waals surface area contributed by atoms with Gasteiger partial charge >= 0.3 is 6.18 Å². The van der Waals surface area contributed by atoms with Gasteiger partial charge in [-0.3, -0.25) is 4.79 Å². The number of rotatable bonds is 3. The number of hydrogen-bond acceptors (Lipinski definition) is 5. The predicted molar refractivity (Wildman–Crippen MR) is 98.6 cm³/mol. The molecule has 29 heavy (non-hydrogen) atoms. The van der Waals surface area contributed by atoms with Crippen molar-refractivity contribution >= 4 is 11.7 Å². The molecule has 2 aliphatic rings. The lowest BCUT2D eigenvalue weighted by molar-refractivity contribution is -0.173. The SMILES string of the molecule is CC[C@@H]1C[C@H](C(F)(F)F)n2nc(C3CCCN3C(=O)c3oc(C)nc3C)cc2N1. The molecule has 1 unspecified atom stereocenters. The topological polar surface area (TPSA) is 76.2 Å². The van der Waals surface area contributed by atoms with Gasteiger partial charge in [0.1, 0.15) is 5.82 Å². The number of nitrogens with zero attached hydrogens (tertiary/aromatic N) is 4. The second-order valence-corrected chi connectivity index (χ2v) is 7.75. The smallest absolute Gasteiger partial charge is 0.410 e. The van der Waals surface area contributed by atoms with Crippen LogP contribution in [0.1, 0.15) is 72.5 Å². The summed E-state index contributed by atoms with van der Waals surface area (Å²) < 4.78 is 47.3. The van der Waals surface area contributed by atoms with E-state index in [-0.39, 0.29) is 30.2 Å². The predicted octanol–water partition coefficient (Wildman–Crippen LogP) is 4.16. The number of amides is 1. The van der Waals surface area contributed by atoms with Crippen molar-refractivity contribution in [3.05, 3.63) is 29.1 Å². The zero-order valence-corrected chi connectivity index (χ0v) is 16.6. The van der Waals surface area contributed by atoms with E-state index >= 15 is 0 Å². The summed E-state index contributed by atoms with van der Waals surface area (Å²) in [5.41, 5.74) is 0.977. The molecule has 4 rings (SSSR count). The standard InChI is InChI=1S/C19H24F3N5O2/c1-4-12-8-15(19(20,21)22)27-16(24-12)9-13(25-27)14-6-5-7-26(14)18(28)17-10(2)23-11(3)29-17/h9,12,14-15,24H,4-8H2,1-3H3/t12-,14?,15-/m1/s1. The molecule has 0 radical (unpaired) electrons. The van der Waals surface area contributed by atoms with Crippen LogP contribution >= 0.6 is 0 Å². The molecule has 1 fully saturated rings. The maximum atomic E-state index is 13.6. The van der Waals surface area contributed by atoms with Crippen LogP contribution in [0, 0.1) is 13.8 Å². The molecule has 10 heteroatoms. The van der Waals surface area contributed by atoms with E-state index in [4.69, 9.17) is 4.42 Å². The van der Waals surface area contributed by atoms with E-state index in [0.717, 1.165) is 11.1 Å². The normalized spacial score (nSPS) is 24.5. The van der Waals surface area contributed by atoms with Crippen LogP contribution in [-0.2, 0) is 0 Å². The van der Waals surface area contributed by atoms with Gasteiger partial charge in [-0.25, -0.2) is 9.67 Å². The lowest BCUT2D eigenvalue weighted by Gasteiger charge is -2.32. The Morgan fingerprint density at radius 2 is 2.14 bits per heavy atom. The second kappa shape index (κ2) is 7.07. The largest absolute Gasteiger partial charge is 0.436 e. The minimum absolute atomic E-state index is 0.0576. The Bertz CT molecular complexity index is 920. The lowest BCUT2D eigenvalue weighted by Crippen LogP contribution is -2.39. The van der Waals surface area contributed by atoms with Crippen molar-refractivity contribution in [2.45, 2.75) is 70.8 Å². The molecule has 4 heterocycles. The Morgan fingerprint density at radius 1 is 1.38 bits per heavy atom. The van der Waals surface area contributed by atoms with Crippen molar-refractivity contribution in [2.24, 2.45) is 0 Å². The van der Waals surface area contributed by atoms with Gasteiger partial charge in [-0.2, -0.15) is 18.3 Å². The van der Waals surface area contributed by atoms with E-state index in [0.29, 0.717) is 42.5 Å². The molecule has 1 saturated heterocycles. The summed E-state index contributed by atoms with van der Waals surface area (Å²) in [7, 11) is 0. The van der Waals surface area contributed by atoms with E-state index in [2.05, 4.69) is 15.4 Å². The summed E-state index contributed by atoms with van der Waals surface area (Å²) in [5, 5.41) is 7.45. The molecule has 2 aromatic rings. The molecule has 158 valence electrons. The number of halogens is 3. The number of alkyl halides is 3. The van der Waals surface area contributed by atoms with Crippen molar-refractivity contribution in [3.8, 4) is 0 Å². The highest BCUT2D eigenvalue weighted by Crippen LogP contribution is 2.42. The van der Waals surface area contributed by atoms with Crippen LogP contribution in [-0.4, -0.2) is 44.3 Å². The molecule has 3 atom stereocenters. The minimum Gasteiger partial charge on any atom is -0.436 e. The highest BCUT2D eigenvalue weighted by atomic mass is 19.4. The summed E-state index contributed by atoms with van der Waals surface area (Å²) in [6.07, 6.45) is -2.46. The van der Waals surface area contributed by atoms with Gasteiger partial charge in [-0.1, -0.05) is 6.92 Å². The third-order valence-electron chi connectivity index (χ3n) is 5.73. The van der Waals surface area contributed by atoms with Crippen LogP contribution in [0.5, 0.6) is 0 Å². The second-order valence-electron chi connectivity index (χ2n) is 7.75. The maximum absolute atomic E-state index is 13.6. The highest BCUT2D eigenvalue weighted by molar-refractivity contribution is 5.93. The number of oxazole rings is 1. The first-order valence-corrected chi connectivity index (χ1v) is 9.86. The highest BCUT2D eigenvalue weighted by Gasteiger charge is 2.46. The van der Waals surface area contributed by atoms with Gasteiger partial charge in [0, 0.05) is 25.6 Å². The molecule has 1 amide bonds. The van der Waals surface area contributed by atoms with Crippen molar-refractivity contribution in [3.63, 3.8) is 0 Å². The first-order valence-electron chi connectivity index (χ1n) is 9.86. The monoisotopic (exact) mass is 411 g/mol. The molecule has 2 aliphatic heterocycles. The molecule has 1 N–H and O–H groups in total. The van der Waals surface area contributed by atoms with Gasteiger partial charge in [0.25, 0.3) is 5.91 Å². The van der Waals surface area contributed by atoms with Gasteiger partial charge in [0.15, 0.2) is 11.9 Å². The maximum Gasteiger partial charge on any atom is 0.410 e. The van der Waals surface area contributed by atoms with Crippen LogP contribution in [0.25, 0.3) is 0 Å². The molecule has 0 bridgehead atoms. The van der Waals surface area contributed by atoms with E-state index in [1.54, 1.807) is 24.8 Å². The van der Waals surface area contributed by atoms with Crippen molar-refractivity contribution < 1.29 is 22.4 Å². The third-order valence-corrected chi connectivity index (χ3v) is 5.73. The molecule has 2 aromatic heterocycles. The zero-order chi connectivity index (χ0) is 20.9. The number of aryl methyl sites for hydroxylation is 2. The van der Waals surface area contributed by atoms with E-state index in [1.807, 2.05) is 6.92 Å². The summed E-state index contributed by atoms with van der Waals surface area (Å²) in [5.74, 6) is 0.632. The van der Waals surface area contributed by atoms with E-state index in [9.17, 15) is 18.0 Å². The molecular weight excluding hydrogens is 387 g/mol.